The first-order valence-corrected chi connectivity index (χ1v) is 12.2. The van der Waals surface area contributed by atoms with Gasteiger partial charge in [0.1, 0.15) is 11.4 Å². The van der Waals surface area contributed by atoms with Crippen LogP contribution < -0.4 is 9.64 Å². The largest absolute Gasteiger partial charge is 0.479 e. The predicted molar refractivity (Wildman–Crippen MR) is 125 cm³/mol. The lowest BCUT2D eigenvalue weighted by molar-refractivity contribution is -0.135. The van der Waals surface area contributed by atoms with Gasteiger partial charge < -0.3 is 19.4 Å². The van der Waals surface area contributed by atoms with E-state index in [4.69, 9.17) is 16.3 Å². The van der Waals surface area contributed by atoms with Gasteiger partial charge in [-0.1, -0.05) is 11.6 Å². The van der Waals surface area contributed by atoms with Crippen LogP contribution in [0.25, 0.3) is 0 Å². The van der Waals surface area contributed by atoms with Gasteiger partial charge in [-0.2, -0.15) is 0 Å². The molecular weight excluding hydrogens is 461 g/mol. The summed E-state index contributed by atoms with van der Waals surface area (Å²) in [7, 11) is 0. The normalized spacial score (nSPS) is 21.4. The molecule has 10 heteroatoms. The third-order valence-corrected chi connectivity index (χ3v) is 7.02. The van der Waals surface area contributed by atoms with E-state index < -0.39 is 11.9 Å². The van der Waals surface area contributed by atoms with Crippen LogP contribution in [0.15, 0.2) is 30.6 Å². The second-order valence-electron chi connectivity index (χ2n) is 8.98. The van der Waals surface area contributed by atoms with Crippen molar-refractivity contribution >= 4 is 29.2 Å². The van der Waals surface area contributed by atoms with Crippen LogP contribution in [0.5, 0.6) is 5.75 Å². The molecule has 0 radical (unpaired) electrons. The molecule has 2 aromatic rings. The van der Waals surface area contributed by atoms with Crippen molar-refractivity contribution in [1.29, 1.82) is 0 Å². The lowest BCUT2D eigenvalue weighted by Gasteiger charge is -2.37. The third-order valence-electron chi connectivity index (χ3n) is 6.81. The Bertz CT molecular complexity index is 1060. The average Bonchev–Trinajstić information content (AvgIpc) is 3.50. The number of pyridine rings is 2. The summed E-state index contributed by atoms with van der Waals surface area (Å²) in [5.74, 6) is 0.255. The van der Waals surface area contributed by atoms with E-state index in [1.165, 1.54) is 18.5 Å². The second kappa shape index (κ2) is 9.74. The minimum absolute atomic E-state index is 0.0357. The van der Waals surface area contributed by atoms with Crippen molar-refractivity contribution in [2.75, 3.05) is 37.6 Å². The van der Waals surface area contributed by atoms with Gasteiger partial charge in [-0.15, -0.1) is 0 Å². The van der Waals surface area contributed by atoms with E-state index in [9.17, 15) is 14.0 Å². The number of anilines is 1. The van der Waals surface area contributed by atoms with Crippen molar-refractivity contribution in [3.05, 3.63) is 47.1 Å². The number of carbonyl (C=O) groups excluding carboxylic acids is 2. The molecule has 0 saturated carbocycles. The highest BCUT2D eigenvalue weighted by Crippen LogP contribution is 2.28. The van der Waals surface area contributed by atoms with Crippen molar-refractivity contribution in [2.24, 2.45) is 0 Å². The molecule has 2 aromatic heterocycles. The van der Waals surface area contributed by atoms with Crippen LogP contribution in [0.3, 0.4) is 0 Å². The predicted octanol–water partition coefficient (Wildman–Crippen LogP) is 3.15. The Morgan fingerprint density at radius 2 is 1.79 bits per heavy atom. The van der Waals surface area contributed by atoms with Gasteiger partial charge >= 0.3 is 0 Å². The van der Waals surface area contributed by atoms with Crippen LogP contribution in [-0.4, -0.2) is 76.5 Å². The Morgan fingerprint density at radius 1 is 1.03 bits per heavy atom. The number of amides is 2. The summed E-state index contributed by atoms with van der Waals surface area (Å²) >= 11 is 5.80. The van der Waals surface area contributed by atoms with Gasteiger partial charge in [0.25, 0.3) is 11.8 Å². The number of halogens is 2. The maximum Gasteiger partial charge on any atom is 0.272 e. The number of ether oxygens (including phenoxy) is 1. The Morgan fingerprint density at radius 3 is 2.47 bits per heavy atom. The van der Waals surface area contributed by atoms with E-state index in [1.807, 2.05) is 14.7 Å². The molecule has 0 spiro atoms. The number of hydrogen-bond donors (Lipinski definition) is 0. The summed E-state index contributed by atoms with van der Waals surface area (Å²) in [5.41, 5.74) is 0.395. The number of rotatable bonds is 5. The fourth-order valence-electron chi connectivity index (χ4n) is 5.00. The molecule has 0 aromatic carbocycles. The van der Waals surface area contributed by atoms with Gasteiger partial charge in [-0.05, 0) is 43.9 Å². The molecule has 180 valence electrons. The molecule has 3 fully saturated rings. The molecule has 2 amide bonds. The Kier molecular flexibility index (Phi) is 6.54. The van der Waals surface area contributed by atoms with Gasteiger partial charge in [0.15, 0.2) is 17.7 Å². The number of likely N-dealkylation sites (tertiary alicyclic amines) is 2. The number of carbonyl (C=O) groups is 2. The minimum atomic E-state index is -0.560. The quantitative estimate of drug-likeness (QED) is 0.644. The van der Waals surface area contributed by atoms with E-state index in [0.29, 0.717) is 43.3 Å². The zero-order chi connectivity index (χ0) is 23.7. The molecule has 5 rings (SSSR count). The van der Waals surface area contributed by atoms with Crippen molar-refractivity contribution in [3.63, 3.8) is 0 Å². The first-order chi connectivity index (χ1) is 16.5. The Balaban J connectivity index is 1.15. The van der Waals surface area contributed by atoms with Crippen molar-refractivity contribution in [2.45, 2.75) is 44.2 Å². The van der Waals surface area contributed by atoms with Gasteiger partial charge in [-0.3, -0.25) is 9.59 Å². The van der Waals surface area contributed by atoms with E-state index in [0.717, 1.165) is 38.8 Å². The number of piperidine rings is 1. The van der Waals surface area contributed by atoms with Crippen LogP contribution in [-0.2, 0) is 4.79 Å². The summed E-state index contributed by atoms with van der Waals surface area (Å²) < 4.78 is 20.1. The van der Waals surface area contributed by atoms with E-state index in [2.05, 4.69) is 9.97 Å². The summed E-state index contributed by atoms with van der Waals surface area (Å²) in [6, 6.07) is 4.72. The van der Waals surface area contributed by atoms with Crippen molar-refractivity contribution < 1.29 is 18.7 Å². The van der Waals surface area contributed by atoms with Crippen LogP contribution in [0.4, 0.5) is 10.2 Å². The Labute approximate surface area is 202 Å². The maximum atomic E-state index is 14.2. The average molecular weight is 488 g/mol. The highest BCUT2D eigenvalue weighted by Gasteiger charge is 2.39. The molecule has 8 nitrogen and oxygen atoms in total. The molecule has 1 atom stereocenters. The molecule has 1 unspecified atom stereocenters. The van der Waals surface area contributed by atoms with E-state index in [-0.39, 0.29) is 22.9 Å². The topological polar surface area (TPSA) is 78.9 Å². The van der Waals surface area contributed by atoms with Crippen molar-refractivity contribution in [1.82, 2.24) is 19.8 Å². The zero-order valence-corrected chi connectivity index (χ0v) is 19.6. The fourth-order valence-corrected chi connectivity index (χ4v) is 5.14. The highest BCUT2D eigenvalue weighted by atomic mass is 35.5. The lowest BCUT2D eigenvalue weighted by Crippen LogP contribution is -2.47. The van der Waals surface area contributed by atoms with Gasteiger partial charge in [-0.25, -0.2) is 14.4 Å². The summed E-state index contributed by atoms with van der Waals surface area (Å²) in [4.78, 5) is 39.4. The van der Waals surface area contributed by atoms with Crippen LogP contribution >= 0.6 is 11.6 Å². The molecule has 3 saturated heterocycles. The van der Waals surface area contributed by atoms with Crippen LogP contribution in [0, 0.1) is 5.82 Å². The Hall–Kier alpha value is -2.94. The first-order valence-electron chi connectivity index (χ1n) is 11.8. The second-order valence-corrected chi connectivity index (χ2v) is 9.42. The summed E-state index contributed by atoms with van der Waals surface area (Å²) in [5, 5.41) is 0.271. The molecule has 0 aliphatic carbocycles. The number of aromatic nitrogens is 2. The zero-order valence-electron chi connectivity index (χ0n) is 18.8. The van der Waals surface area contributed by atoms with Crippen LogP contribution in [0.1, 0.15) is 42.6 Å². The monoisotopic (exact) mass is 487 g/mol. The lowest BCUT2D eigenvalue weighted by atomic mass is 10.0. The standard InChI is InChI=1S/C24H27ClFN5O3/c25-16-13-19(26)22(28-14-16)29-10-5-17(6-11-29)31-12-7-21(24(31)33)34-18-3-4-20(27-15-18)23(32)30-8-1-2-9-30/h3-4,13-15,17,21H,1-2,5-12H2. The third kappa shape index (κ3) is 4.66. The molecule has 0 N–H and O–H groups in total. The summed E-state index contributed by atoms with van der Waals surface area (Å²) in [6.07, 6.45) is 6.53. The fraction of sp³-hybridized carbons (Fsp3) is 0.500. The molecule has 5 heterocycles. The molecule has 34 heavy (non-hydrogen) atoms. The number of hydrogen-bond acceptors (Lipinski definition) is 6. The molecule has 3 aliphatic heterocycles. The maximum absolute atomic E-state index is 14.2. The number of nitrogens with zero attached hydrogens (tertiary/aromatic N) is 5. The van der Waals surface area contributed by atoms with Gasteiger partial charge in [0.2, 0.25) is 0 Å². The van der Waals surface area contributed by atoms with Gasteiger partial charge in [0.05, 0.1) is 11.2 Å². The van der Waals surface area contributed by atoms with Crippen molar-refractivity contribution in [3.8, 4) is 5.75 Å². The van der Waals surface area contributed by atoms with E-state index >= 15 is 0 Å². The van der Waals surface area contributed by atoms with Gasteiger partial charge in [0, 0.05) is 51.4 Å². The SMILES string of the molecule is O=C(c1ccc(OC2CCN(C3CCN(c4ncc(Cl)cc4F)CC3)C2=O)cn1)N1CCCC1. The molecule has 3 aliphatic rings. The summed E-state index contributed by atoms with van der Waals surface area (Å²) in [6.45, 7) is 3.40. The smallest absolute Gasteiger partial charge is 0.272 e. The minimum Gasteiger partial charge on any atom is -0.479 e. The van der Waals surface area contributed by atoms with E-state index in [1.54, 1.807) is 12.1 Å². The first kappa shape index (κ1) is 22.8. The molecule has 0 bridgehead atoms. The highest BCUT2D eigenvalue weighted by molar-refractivity contribution is 6.30. The molecular formula is C24H27ClFN5O3. The van der Waals surface area contributed by atoms with Crippen LogP contribution in [0.2, 0.25) is 5.02 Å².